The Labute approximate surface area is 106 Å². The van der Waals surface area contributed by atoms with Crippen molar-refractivity contribution in [3.63, 3.8) is 0 Å². The zero-order valence-corrected chi connectivity index (χ0v) is 11.4. The van der Waals surface area contributed by atoms with E-state index in [2.05, 4.69) is 16.7 Å². The van der Waals surface area contributed by atoms with Crippen molar-refractivity contribution in [3.05, 3.63) is 0 Å². The maximum absolute atomic E-state index is 5.96. The molecule has 0 unspecified atom stereocenters. The topological polar surface area (TPSA) is 32.5 Å². The molecule has 0 spiro atoms. The van der Waals surface area contributed by atoms with Crippen LogP contribution < -0.4 is 5.73 Å². The van der Waals surface area contributed by atoms with Gasteiger partial charge in [-0.05, 0) is 44.6 Å². The third-order valence-electron chi connectivity index (χ3n) is 4.41. The standard InChI is InChI=1S/C14H29N3/c1-2-7-16-8-10-17(11-9-16)12-13-3-5-14(15)6-4-13/h13-14H,2-12,15H2,1H3. The van der Waals surface area contributed by atoms with Gasteiger partial charge in [0.05, 0.1) is 0 Å². The van der Waals surface area contributed by atoms with Crippen LogP contribution in [0.25, 0.3) is 0 Å². The third kappa shape index (κ3) is 4.23. The molecule has 0 aromatic heterocycles. The van der Waals surface area contributed by atoms with Crippen LogP contribution >= 0.6 is 0 Å². The summed E-state index contributed by atoms with van der Waals surface area (Å²) in [5, 5.41) is 0. The van der Waals surface area contributed by atoms with E-state index in [0.29, 0.717) is 6.04 Å². The molecule has 3 heteroatoms. The lowest BCUT2D eigenvalue weighted by Gasteiger charge is -2.37. The minimum absolute atomic E-state index is 0.493. The summed E-state index contributed by atoms with van der Waals surface area (Å²) in [5.41, 5.74) is 5.96. The van der Waals surface area contributed by atoms with Gasteiger partial charge in [0.15, 0.2) is 0 Å². The molecule has 2 fully saturated rings. The lowest BCUT2D eigenvalue weighted by atomic mass is 9.86. The molecule has 0 atom stereocenters. The normalized spacial score (nSPS) is 32.8. The Hall–Kier alpha value is -0.120. The highest BCUT2D eigenvalue weighted by Gasteiger charge is 2.23. The Morgan fingerprint density at radius 1 is 0.941 bits per heavy atom. The average Bonchev–Trinajstić information content (AvgIpc) is 2.35. The number of hydrogen-bond acceptors (Lipinski definition) is 3. The molecule has 1 saturated carbocycles. The fourth-order valence-corrected chi connectivity index (χ4v) is 3.25. The Morgan fingerprint density at radius 3 is 2.12 bits per heavy atom. The summed E-state index contributed by atoms with van der Waals surface area (Å²) in [5.74, 6) is 0.924. The van der Waals surface area contributed by atoms with Gasteiger partial charge in [-0.25, -0.2) is 0 Å². The summed E-state index contributed by atoms with van der Waals surface area (Å²) < 4.78 is 0. The Kier molecular flexibility index (Phi) is 5.26. The van der Waals surface area contributed by atoms with Crippen molar-refractivity contribution >= 4 is 0 Å². The van der Waals surface area contributed by atoms with Crippen LogP contribution in [0.3, 0.4) is 0 Å². The van der Waals surface area contributed by atoms with Crippen LogP contribution in [-0.4, -0.2) is 55.1 Å². The molecule has 1 aliphatic heterocycles. The fourth-order valence-electron chi connectivity index (χ4n) is 3.25. The number of hydrogen-bond donors (Lipinski definition) is 1. The van der Waals surface area contributed by atoms with Crippen molar-refractivity contribution in [2.45, 2.75) is 45.1 Å². The first-order valence-corrected chi connectivity index (χ1v) is 7.48. The SMILES string of the molecule is CCCN1CCN(CC2CCC(N)CC2)CC1. The van der Waals surface area contributed by atoms with E-state index >= 15 is 0 Å². The second-order valence-corrected chi connectivity index (χ2v) is 5.92. The molecule has 2 N–H and O–H groups in total. The van der Waals surface area contributed by atoms with Crippen LogP contribution in [0, 0.1) is 5.92 Å². The molecular weight excluding hydrogens is 210 g/mol. The Morgan fingerprint density at radius 2 is 1.53 bits per heavy atom. The summed E-state index contributed by atoms with van der Waals surface area (Å²) in [4.78, 5) is 5.28. The monoisotopic (exact) mass is 239 g/mol. The molecule has 2 rings (SSSR count). The van der Waals surface area contributed by atoms with Gasteiger partial charge in [-0.3, -0.25) is 0 Å². The average molecular weight is 239 g/mol. The second kappa shape index (κ2) is 6.72. The zero-order valence-electron chi connectivity index (χ0n) is 11.4. The number of nitrogens with two attached hydrogens (primary N) is 1. The van der Waals surface area contributed by atoms with Crippen LogP contribution in [0.2, 0.25) is 0 Å². The highest BCUT2D eigenvalue weighted by Crippen LogP contribution is 2.24. The predicted molar refractivity (Wildman–Crippen MR) is 73.1 cm³/mol. The Balaban J connectivity index is 1.64. The minimum atomic E-state index is 0.493. The number of nitrogens with zero attached hydrogens (tertiary/aromatic N) is 2. The van der Waals surface area contributed by atoms with Crippen molar-refractivity contribution in [2.75, 3.05) is 39.3 Å². The van der Waals surface area contributed by atoms with E-state index in [1.54, 1.807) is 0 Å². The molecule has 17 heavy (non-hydrogen) atoms. The van der Waals surface area contributed by atoms with Gasteiger partial charge in [-0.15, -0.1) is 0 Å². The third-order valence-corrected chi connectivity index (χ3v) is 4.41. The maximum Gasteiger partial charge on any atom is 0.0110 e. The van der Waals surface area contributed by atoms with Gasteiger partial charge in [0, 0.05) is 38.8 Å². The molecule has 100 valence electrons. The highest BCUT2D eigenvalue weighted by molar-refractivity contribution is 4.79. The van der Waals surface area contributed by atoms with Crippen LogP contribution in [0.15, 0.2) is 0 Å². The Bertz CT molecular complexity index is 204. The van der Waals surface area contributed by atoms with Gasteiger partial charge < -0.3 is 15.5 Å². The lowest BCUT2D eigenvalue weighted by molar-refractivity contribution is 0.108. The molecule has 1 aliphatic carbocycles. The number of rotatable bonds is 4. The fraction of sp³-hybridized carbons (Fsp3) is 1.00. The van der Waals surface area contributed by atoms with Gasteiger partial charge in [0.25, 0.3) is 0 Å². The molecule has 1 saturated heterocycles. The molecule has 0 bridgehead atoms. The van der Waals surface area contributed by atoms with E-state index in [1.807, 2.05) is 0 Å². The first-order valence-electron chi connectivity index (χ1n) is 7.48. The first kappa shape index (κ1) is 13.3. The van der Waals surface area contributed by atoms with Crippen molar-refractivity contribution in [3.8, 4) is 0 Å². The van der Waals surface area contributed by atoms with Crippen LogP contribution in [0.4, 0.5) is 0 Å². The molecule has 3 nitrogen and oxygen atoms in total. The van der Waals surface area contributed by atoms with Crippen LogP contribution in [-0.2, 0) is 0 Å². The van der Waals surface area contributed by atoms with E-state index in [4.69, 9.17) is 5.73 Å². The molecule has 1 heterocycles. The number of piperazine rings is 1. The minimum Gasteiger partial charge on any atom is -0.328 e. The summed E-state index contributed by atoms with van der Waals surface area (Å²) >= 11 is 0. The molecule has 0 aromatic carbocycles. The maximum atomic E-state index is 5.96. The van der Waals surface area contributed by atoms with Crippen LogP contribution in [0.1, 0.15) is 39.0 Å². The molecular formula is C14H29N3. The van der Waals surface area contributed by atoms with E-state index in [-0.39, 0.29) is 0 Å². The quantitative estimate of drug-likeness (QED) is 0.807. The van der Waals surface area contributed by atoms with Gasteiger partial charge in [0.1, 0.15) is 0 Å². The zero-order chi connectivity index (χ0) is 12.1. The van der Waals surface area contributed by atoms with E-state index in [0.717, 1.165) is 5.92 Å². The predicted octanol–water partition coefficient (Wildman–Crippen LogP) is 1.53. The van der Waals surface area contributed by atoms with Gasteiger partial charge in [0.2, 0.25) is 0 Å². The summed E-state index contributed by atoms with van der Waals surface area (Å²) in [6, 6.07) is 0.493. The van der Waals surface area contributed by atoms with Gasteiger partial charge >= 0.3 is 0 Å². The van der Waals surface area contributed by atoms with Gasteiger partial charge in [-0.1, -0.05) is 6.92 Å². The molecule has 0 aromatic rings. The smallest absolute Gasteiger partial charge is 0.0110 e. The van der Waals surface area contributed by atoms with Crippen molar-refractivity contribution in [1.82, 2.24) is 9.80 Å². The van der Waals surface area contributed by atoms with E-state index < -0.39 is 0 Å². The summed E-state index contributed by atoms with van der Waals surface area (Å²) in [6.45, 7) is 10.0. The van der Waals surface area contributed by atoms with E-state index in [1.165, 1.54) is 71.4 Å². The van der Waals surface area contributed by atoms with Crippen molar-refractivity contribution in [2.24, 2.45) is 11.7 Å². The van der Waals surface area contributed by atoms with Crippen molar-refractivity contribution in [1.29, 1.82) is 0 Å². The second-order valence-electron chi connectivity index (χ2n) is 5.92. The lowest BCUT2D eigenvalue weighted by Crippen LogP contribution is -2.48. The van der Waals surface area contributed by atoms with Crippen LogP contribution in [0.5, 0.6) is 0 Å². The molecule has 0 radical (unpaired) electrons. The van der Waals surface area contributed by atoms with Crippen molar-refractivity contribution < 1.29 is 0 Å². The summed E-state index contributed by atoms with van der Waals surface area (Å²) in [7, 11) is 0. The molecule has 2 aliphatic rings. The first-order chi connectivity index (χ1) is 8.28. The van der Waals surface area contributed by atoms with E-state index in [9.17, 15) is 0 Å². The molecule has 0 amide bonds. The highest BCUT2D eigenvalue weighted by atomic mass is 15.3. The summed E-state index contributed by atoms with van der Waals surface area (Å²) in [6.07, 6.45) is 6.51. The largest absolute Gasteiger partial charge is 0.328 e. The van der Waals surface area contributed by atoms with Gasteiger partial charge in [-0.2, -0.15) is 0 Å².